The van der Waals surface area contributed by atoms with Crippen LogP contribution in [0.2, 0.25) is 5.02 Å². The largest absolute Gasteiger partial charge is 0.335 e. The van der Waals surface area contributed by atoms with E-state index in [2.05, 4.69) is 10.3 Å². The van der Waals surface area contributed by atoms with E-state index in [1.165, 1.54) is 6.20 Å². The van der Waals surface area contributed by atoms with E-state index >= 15 is 0 Å². The van der Waals surface area contributed by atoms with Gasteiger partial charge in [-0.15, -0.1) is 0 Å². The number of amides is 3. The number of pyridine rings is 1. The average molecular weight is 358 g/mol. The normalized spacial score (nSPS) is 16.1. The molecule has 0 saturated carbocycles. The number of hydrogen-bond acceptors (Lipinski definition) is 4. The van der Waals surface area contributed by atoms with Crippen LogP contribution in [-0.4, -0.2) is 28.7 Å². The van der Waals surface area contributed by atoms with Gasteiger partial charge in [0, 0.05) is 29.0 Å². The lowest BCUT2D eigenvalue weighted by molar-refractivity contribution is -0.117. The van der Waals surface area contributed by atoms with Gasteiger partial charge in [0.05, 0.1) is 5.69 Å². The molecule has 2 aromatic rings. The Morgan fingerprint density at radius 2 is 2.04 bits per heavy atom. The molecule has 128 valence electrons. The van der Waals surface area contributed by atoms with E-state index in [9.17, 15) is 14.4 Å². The number of carbonyl (C=O) groups is 3. The van der Waals surface area contributed by atoms with Crippen molar-refractivity contribution >= 4 is 35.0 Å². The molecular weight excluding hydrogens is 342 g/mol. The summed E-state index contributed by atoms with van der Waals surface area (Å²) >= 11 is 6.04. The Kier molecular flexibility index (Phi) is 4.55. The van der Waals surface area contributed by atoms with E-state index in [0.29, 0.717) is 21.8 Å². The SMILES string of the molecule is CC(C)NC(=O)N1C(=O)C(C(=O)c2cccnc2)c2cc(Cl)ccc21. The van der Waals surface area contributed by atoms with Crippen LogP contribution >= 0.6 is 11.6 Å². The Balaban J connectivity index is 2.06. The number of ketones is 1. The van der Waals surface area contributed by atoms with Crippen LogP contribution in [0.4, 0.5) is 10.5 Å². The quantitative estimate of drug-likeness (QED) is 0.676. The maximum Gasteiger partial charge on any atom is 0.328 e. The van der Waals surface area contributed by atoms with Gasteiger partial charge in [0.2, 0.25) is 0 Å². The summed E-state index contributed by atoms with van der Waals surface area (Å²) in [7, 11) is 0. The number of nitrogens with one attached hydrogen (secondary N) is 1. The molecule has 1 aliphatic rings. The number of carbonyl (C=O) groups excluding carboxylic acids is 3. The van der Waals surface area contributed by atoms with Crippen molar-refractivity contribution in [1.82, 2.24) is 10.3 Å². The predicted octanol–water partition coefficient (Wildman–Crippen LogP) is 3.17. The van der Waals surface area contributed by atoms with Crippen LogP contribution in [0.3, 0.4) is 0 Å². The number of imide groups is 1. The second-order valence-corrected chi connectivity index (χ2v) is 6.46. The molecule has 25 heavy (non-hydrogen) atoms. The van der Waals surface area contributed by atoms with E-state index in [-0.39, 0.29) is 6.04 Å². The van der Waals surface area contributed by atoms with E-state index < -0.39 is 23.6 Å². The van der Waals surface area contributed by atoms with Gasteiger partial charge in [0.1, 0.15) is 5.92 Å². The Morgan fingerprint density at radius 1 is 1.28 bits per heavy atom. The molecule has 0 radical (unpaired) electrons. The van der Waals surface area contributed by atoms with Crippen molar-refractivity contribution in [2.45, 2.75) is 25.8 Å². The minimum absolute atomic E-state index is 0.149. The number of hydrogen-bond donors (Lipinski definition) is 1. The number of urea groups is 1. The summed E-state index contributed by atoms with van der Waals surface area (Å²) in [6, 6.07) is 7.20. The van der Waals surface area contributed by atoms with Crippen LogP contribution in [0, 0.1) is 0 Å². The maximum absolute atomic E-state index is 12.9. The number of fused-ring (bicyclic) bond motifs is 1. The minimum Gasteiger partial charge on any atom is -0.335 e. The van der Waals surface area contributed by atoms with Crippen molar-refractivity contribution in [3.05, 3.63) is 58.9 Å². The molecule has 2 heterocycles. The minimum atomic E-state index is -1.11. The van der Waals surface area contributed by atoms with Crippen LogP contribution < -0.4 is 10.2 Å². The van der Waals surface area contributed by atoms with Gasteiger partial charge in [0.25, 0.3) is 5.91 Å². The third-order valence-electron chi connectivity index (χ3n) is 3.83. The molecule has 7 heteroatoms. The Labute approximate surface area is 149 Å². The molecule has 1 unspecified atom stereocenters. The number of Topliss-reactive ketones (excluding diaryl/α,β-unsaturated/α-hetero) is 1. The third kappa shape index (κ3) is 3.13. The van der Waals surface area contributed by atoms with Gasteiger partial charge >= 0.3 is 6.03 Å². The van der Waals surface area contributed by atoms with E-state index in [1.807, 2.05) is 0 Å². The van der Waals surface area contributed by atoms with Crippen molar-refractivity contribution in [2.24, 2.45) is 0 Å². The zero-order valence-corrected chi connectivity index (χ0v) is 14.4. The van der Waals surface area contributed by atoms with Gasteiger partial charge in [-0.3, -0.25) is 14.6 Å². The monoisotopic (exact) mass is 357 g/mol. The first-order chi connectivity index (χ1) is 11.9. The van der Waals surface area contributed by atoms with Crippen LogP contribution in [-0.2, 0) is 4.79 Å². The van der Waals surface area contributed by atoms with Crippen molar-refractivity contribution in [1.29, 1.82) is 0 Å². The number of nitrogens with zero attached hydrogens (tertiary/aromatic N) is 2. The Bertz CT molecular complexity index is 852. The molecule has 1 atom stereocenters. The molecule has 1 aromatic heterocycles. The lowest BCUT2D eigenvalue weighted by atomic mass is 9.92. The van der Waals surface area contributed by atoms with Crippen molar-refractivity contribution in [3.8, 4) is 0 Å². The molecule has 0 spiro atoms. The lowest BCUT2D eigenvalue weighted by Gasteiger charge is -2.18. The van der Waals surface area contributed by atoms with Gasteiger partial charge < -0.3 is 5.32 Å². The van der Waals surface area contributed by atoms with Crippen LogP contribution in [0.1, 0.15) is 35.7 Å². The molecule has 3 amide bonds. The summed E-state index contributed by atoms with van der Waals surface area (Å²) in [6.45, 7) is 3.58. The molecule has 3 rings (SSSR count). The highest BCUT2D eigenvalue weighted by atomic mass is 35.5. The Morgan fingerprint density at radius 3 is 2.68 bits per heavy atom. The van der Waals surface area contributed by atoms with Gasteiger partial charge in [-0.25, -0.2) is 9.69 Å². The smallest absolute Gasteiger partial charge is 0.328 e. The van der Waals surface area contributed by atoms with Crippen LogP contribution in [0.5, 0.6) is 0 Å². The zero-order valence-electron chi connectivity index (χ0n) is 13.7. The first kappa shape index (κ1) is 17.1. The molecule has 1 aliphatic heterocycles. The number of aromatic nitrogens is 1. The van der Waals surface area contributed by atoms with E-state index in [0.717, 1.165) is 4.90 Å². The standard InChI is InChI=1S/C18H16ClN3O3/c1-10(2)21-18(25)22-14-6-5-12(19)8-13(14)15(17(22)24)16(23)11-4-3-7-20-9-11/h3-10,15H,1-2H3,(H,21,25). The number of anilines is 1. The highest BCUT2D eigenvalue weighted by molar-refractivity contribution is 6.33. The van der Waals surface area contributed by atoms with Crippen molar-refractivity contribution in [3.63, 3.8) is 0 Å². The summed E-state index contributed by atoms with van der Waals surface area (Å²) in [5.41, 5.74) is 1.10. The second-order valence-electron chi connectivity index (χ2n) is 6.02. The number of benzene rings is 1. The molecule has 1 N–H and O–H groups in total. The highest BCUT2D eigenvalue weighted by Crippen LogP contribution is 2.40. The molecule has 0 aliphatic carbocycles. The zero-order chi connectivity index (χ0) is 18.1. The van der Waals surface area contributed by atoms with Gasteiger partial charge in [0.15, 0.2) is 5.78 Å². The number of halogens is 1. The first-order valence-corrected chi connectivity index (χ1v) is 8.16. The average Bonchev–Trinajstić information content (AvgIpc) is 2.85. The van der Waals surface area contributed by atoms with Crippen LogP contribution in [0.15, 0.2) is 42.7 Å². The molecule has 0 bridgehead atoms. The second kappa shape index (κ2) is 6.64. The highest BCUT2D eigenvalue weighted by Gasteiger charge is 2.45. The summed E-state index contributed by atoms with van der Waals surface area (Å²) in [5.74, 6) is -2.12. The summed E-state index contributed by atoms with van der Waals surface area (Å²) < 4.78 is 0. The lowest BCUT2D eigenvalue weighted by Crippen LogP contribution is -2.45. The van der Waals surface area contributed by atoms with Gasteiger partial charge in [-0.1, -0.05) is 11.6 Å². The summed E-state index contributed by atoms with van der Waals surface area (Å²) in [4.78, 5) is 43.1. The number of rotatable bonds is 3. The fourth-order valence-electron chi connectivity index (χ4n) is 2.79. The van der Waals surface area contributed by atoms with E-state index in [1.54, 1.807) is 50.4 Å². The Hall–Kier alpha value is -2.73. The third-order valence-corrected chi connectivity index (χ3v) is 4.07. The topological polar surface area (TPSA) is 79.4 Å². The van der Waals surface area contributed by atoms with Crippen LogP contribution in [0.25, 0.3) is 0 Å². The maximum atomic E-state index is 12.9. The first-order valence-electron chi connectivity index (χ1n) is 7.78. The summed E-state index contributed by atoms with van der Waals surface area (Å²) in [6.07, 6.45) is 2.94. The van der Waals surface area contributed by atoms with Crippen molar-refractivity contribution in [2.75, 3.05) is 4.90 Å². The van der Waals surface area contributed by atoms with Gasteiger partial charge in [-0.05, 0) is 49.7 Å². The fraction of sp³-hybridized carbons (Fsp3) is 0.222. The van der Waals surface area contributed by atoms with E-state index in [4.69, 9.17) is 11.6 Å². The molecule has 1 aromatic carbocycles. The molecular formula is C18H16ClN3O3. The fourth-order valence-corrected chi connectivity index (χ4v) is 2.97. The molecule has 0 fully saturated rings. The summed E-state index contributed by atoms with van der Waals surface area (Å²) in [5, 5.41) is 3.07. The van der Waals surface area contributed by atoms with Gasteiger partial charge in [-0.2, -0.15) is 0 Å². The predicted molar refractivity (Wildman–Crippen MR) is 93.9 cm³/mol. The molecule has 6 nitrogen and oxygen atoms in total. The van der Waals surface area contributed by atoms with Crippen molar-refractivity contribution < 1.29 is 14.4 Å². The molecule has 0 saturated heterocycles.